The molecule has 0 amide bonds. The molecule has 0 saturated carbocycles. The van der Waals surface area contributed by atoms with Crippen molar-refractivity contribution < 1.29 is 14.6 Å². The molecule has 0 aliphatic carbocycles. The molecular formula is C19H19ClN2O3. The Morgan fingerprint density at radius 2 is 2.08 bits per heavy atom. The van der Waals surface area contributed by atoms with Crippen molar-refractivity contribution in [1.29, 1.82) is 0 Å². The van der Waals surface area contributed by atoms with Crippen molar-refractivity contribution in [3.05, 3.63) is 58.7 Å². The van der Waals surface area contributed by atoms with Gasteiger partial charge in [-0.3, -0.25) is 4.68 Å². The number of carboxylic acid groups (broad SMARTS) is 1. The van der Waals surface area contributed by atoms with Gasteiger partial charge in [-0.15, -0.1) is 0 Å². The monoisotopic (exact) mass is 358 g/mol. The first kappa shape index (κ1) is 17.3. The van der Waals surface area contributed by atoms with E-state index in [-0.39, 0.29) is 5.56 Å². The van der Waals surface area contributed by atoms with Crippen molar-refractivity contribution in [1.82, 2.24) is 9.78 Å². The number of carboxylic acids is 1. The molecule has 3 rings (SSSR count). The van der Waals surface area contributed by atoms with E-state index in [9.17, 15) is 4.79 Å². The Bertz CT molecular complexity index is 918. The van der Waals surface area contributed by atoms with Gasteiger partial charge in [-0.25, -0.2) is 4.79 Å². The average Bonchev–Trinajstić information content (AvgIpc) is 2.95. The maximum Gasteiger partial charge on any atom is 0.335 e. The number of aromatic nitrogens is 2. The van der Waals surface area contributed by atoms with Gasteiger partial charge in [0.2, 0.25) is 0 Å². The van der Waals surface area contributed by atoms with Crippen LogP contribution in [0.3, 0.4) is 0 Å². The SMILES string of the molecule is CC(C)COc1ccc(Cl)cc1Cn1cc2cc(C(=O)O)ccc2n1. The molecule has 6 heteroatoms. The molecule has 0 saturated heterocycles. The number of carbonyl (C=O) groups is 1. The van der Waals surface area contributed by atoms with Crippen LogP contribution >= 0.6 is 11.6 Å². The molecule has 0 unspecified atom stereocenters. The second-order valence-corrected chi connectivity index (χ2v) is 6.80. The summed E-state index contributed by atoms with van der Waals surface area (Å²) in [5.41, 5.74) is 1.92. The van der Waals surface area contributed by atoms with E-state index in [1.54, 1.807) is 28.9 Å². The smallest absolute Gasteiger partial charge is 0.335 e. The van der Waals surface area contributed by atoms with Crippen molar-refractivity contribution in [2.24, 2.45) is 5.92 Å². The zero-order valence-corrected chi connectivity index (χ0v) is 14.8. The molecule has 0 spiro atoms. The lowest BCUT2D eigenvalue weighted by Crippen LogP contribution is -2.08. The van der Waals surface area contributed by atoms with Crippen molar-refractivity contribution in [3.63, 3.8) is 0 Å². The van der Waals surface area contributed by atoms with Crippen molar-refractivity contribution in [3.8, 4) is 5.75 Å². The Morgan fingerprint density at radius 3 is 2.80 bits per heavy atom. The second kappa shape index (κ2) is 7.15. The zero-order chi connectivity index (χ0) is 18.0. The maximum atomic E-state index is 11.1. The highest BCUT2D eigenvalue weighted by Gasteiger charge is 2.10. The molecule has 0 bridgehead atoms. The minimum Gasteiger partial charge on any atom is -0.493 e. The van der Waals surface area contributed by atoms with Gasteiger partial charge in [0.1, 0.15) is 5.75 Å². The third-order valence-corrected chi connectivity index (χ3v) is 3.96. The Kier molecular flexibility index (Phi) is 4.95. The van der Waals surface area contributed by atoms with Crippen LogP contribution in [-0.4, -0.2) is 27.5 Å². The van der Waals surface area contributed by atoms with E-state index in [2.05, 4.69) is 18.9 Å². The predicted molar refractivity (Wildman–Crippen MR) is 97.6 cm³/mol. The quantitative estimate of drug-likeness (QED) is 0.706. The van der Waals surface area contributed by atoms with Gasteiger partial charge in [0.05, 0.1) is 24.2 Å². The maximum absolute atomic E-state index is 11.1. The normalized spacial score (nSPS) is 11.2. The van der Waals surface area contributed by atoms with Crippen LogP contribution in [0.5, 0.6) is 5.75 Å². The number of ether oxygens (including phenoxy) is 1. The lowest BCUT2D eigenvalue weighted by atomic mass is 10.1. The number of benzene rings is 2. The number of hydrogen-bond donors (Lipinski definition) is 1. The summed E-state index contributed by atoms with van der Waals surface area (Å²) < 4.78 is 7.64. The molecular weight excluding hydrogens is 340 g/mol. The molecule has 1 heterocycles. The van der Waals surface area contributed by atoms with E-state index in [1.807, 2.05) is 18.3 Å². The Balaban J connectivity index is 1.90. The number of rotatable bonds is 6. The van der Waals surface area contributed by atoms with Gasteiger partial charge in [0.15, 0.2) is 0 Å². The molecule has 1 N–H and O–H groups in total. The fraction of sp³-hybridized carbons (Fsp3) is 0.263. The van der Waals surface area contributed by atoms with Crippen LogP contribution in [0, 0.1) is 5.92 Å². The summed E-state index contributed by atoms with van der Waals surface area (Å²) in [7, 11) is 0. The minimum atomic E-state index is -0.950. The zero-order valence-electron chi connectivity index (χ0n) is 14.1. The number of fused-ring (bicyclic) bond motifs is 1. The van der Waals surface area contributed by atoms with Crippen LogP contribution < -0.4 is 4.74 Å². The van der Waals surface area contributed by atoms with Crippen LogP contribution in [0.25, 0.3) is 10.9 Å². The van der Waals surface area contributed by atoms with Crippen molar-refractivity contribution in [2.75, 3.05) is 6.61 Å². The second-order valence-electron chi connectivity index (χ2n) is 6.36. The highest BCUT2D eigenvalue weighted by atomic mass is 35.5. The average molecular weight is 359 g/mol. The molecule has 5 nitrogen and oxygen atoms in total. The first-order valence-electron chi connectivity index (χ1n) is 8.04. The molecule has 2 aromatic carbocycles. The lowest BCUT2D eigenvalue weighted by molar-refractivity contribution is 0.0697. The molecule has 0 fully saturated rings. The van der Waals surface area contributed by atoms with Crippen LogP contribution in [0.15, 0.2) is 42.6 Å². The van der Waals surface area contributed by atoms with Gasteiger partial charge in [-0.05, 0) is 42.3 Å². The topological polar surface area (TPSA) is 64.3 Å². The Morgan fingerprint density at radius 1 is 1.28 bits per heavy atom. The van der Waals surface area contributed by atoms with Crippen molar-refractivity contribution in [2.45, 2.75) is 20.4 Å². The predicted octanol–water partition coefficient (Wildman–Crippen LogP) is 4.47. The van der Waals surface area contributed by atoms with E-state index in [0.717, 1.165) is 22.2 Å². The summed E-state index contributed by atoms with van der Waals surface area (Å²) in [5.74, 6) is 0.253. The summed E-state index contributed by atoms with van der Waals surface area (Å²) in [5, 5.41) is 15.0. The summed E-state index contributed by atoms with van der Waals surface area (Å²) in [6.07, 6.45) is 1.83. The van der Waals surface area contributed by atoms with Gasteiger partial charge >= 0.3 is 5.97 Å². The van der Waals surface area contributed by atoms with Crippen LogP contribution in [0.2, 0.25) is 5.02 Å². The van der Waals surface area contributed by atoms with Gasteiger partial charge in [-0.1, -0.05) is 25.4 Å². The van der Waals surface area contributed by atoms with E-state index in [4.69, 9.17) is 21.4 Å². The van der Waals surface area contributed by atoms with Gasteiger partial charge < -0.3 is 9.84 Å². The fourth-order valence-electron chi connectivity index (χ4n) is 2.53. The van der Waals surface area contributed by atoms with E-state index < -0.39 is 5.97 Å². The molecule has 0 aliphatic rings. The molecule has 130 valence electrons. The molecule has 0 aliphatic heterocycles. The summed E-state index contributed by atoms with van der Waals surface area (Å²) in [6, 6.07) is 10.4. The molecule has 0 atom stereocenters. The fourth-order valence-corrected chi connectivity index (χ4v) is 2.73. The molecule has 0 radical (unpaired) electrons. The van der Waals surface area contributed by atoms with Crippen LogP contribution in [0.4, 0.5) is 0 Å². The third kappa shape index (κ3) is 4.12. The summed E-state index contributed by atoms with van der Waals surface area (Å²) in [6.45, 7) is 5.30. The third-order valence-electron chi connectivity index (χ3n) is 3.73. The first-order chi connectivity index (χ1) is 11.9. The van der Waals surface area contributed by atoms with E-state index in [0.29, 0.717) is 24.1 Å². The molecule has 25 heavy (non-hydrogen) atoms. The van der Waals surface area contributed by atoms with Gasteiger partial charge in [0.25, 0.3) is 0 Å². The number of nitrogens with zero attached hydrogens (tertiary/aromatic N) is 2. The standard InChI is InChI=1S/C19H19ClN2O3/c1-12(2)11-25-18-6-4-16(20)8-15(18)10-22-9-14-7-13(19(23)24)3-5-17(14)21-22/h3-9,12H,10-11H2,1-2H3,(H,23,24). The number of hydrogen-bond acceptors (Lipinski definition) is 3. The molecule has 3 aromatic rings. The number of aromatic carboxylic acids is 1. The van der Waals surface area contributed by atoms with E-state index in [1.165, 1.54) is 0 Å². The Hall–Kier alpha value is -2.53. The minimum absolute atomic E-state index is 0.246. The largest absolute Gasteiger partial charge is 0.493 e. The summed E-state index contributed by atoms with van der Waals surface area (Å²) >= 11 is 6.13. The van der Waals surface area contributed by atoms with Crippen LogP contribution in [0.1, 0.15) is 29.8 Å². The lowest BCUT2D eigenvalue weighted by Gasteiger charge is -2.13. The number of halogens is 1. The van der Waals surface area contributed by atoms with Crippen LogP contribution in [-0.2, 0) is 6.54 Å². The first-order valence-corrected chi connectivity index (χ1v) is 8.42. The summed E-state index contributed by atoms with van der Waals surface area (Å²) in [4.78, 5) is 11.1. The highest BCUT2D eigenvalue weighted by Crippen LogP contribution is 2.25. The Labute approximate surface area is 150 Å². The van der Waals surface area contributed by atoms with E-state index >= 15 is 0 Å². The highest BCUT2D eigenvalue weighted by molar-refractivity contribution is 6.30. The van der Waals surface area contributed by atoms with Crippen molar-refractivity contribution >= 4 is 28.5 Å². The van der Waals surface area contributed by atoms with Gasteiger partial charge in [0, 0.05) is 22.2 Å². The molecule has 1 aromatic heterocycles. The van der Waals surface area contributed by atoms with Gasteiger partial charge in [-0.2, -0.15) is 5.10 Å².